The lowest BCUT2D eigenvalue weighted by Crippen LogP contribution is -2.35. The van der Waals surface area contributed by atoms with Crippen molar-refractivity contribution in [1.29, 1.82) is 0 Å². The van der Waals surface area contributed by atoms with E-state index < -0.39 is 0 Å². The number of hydrogen-bond donors (Lipinski definition) is 1. The maximum Gasteiger partial charge on any atom is 0.0669 e. The van der Waals surface area contributed by atoms with Crippen LogP contribution in [0.25, 0.3) is 0 Å². The minimum absolute atomic E-state index is 0.123. The summed E-state index contributed by atoms with van der Waals surface area (Å²) in [5.74, 6) is 0. The lowest BCUT2D eigenvalue weighted by molar-refractivity contribution is 0.422. The highest BCUT2D eigenvalue weighted by molar-refractivity contribution is 5.28. The molecule has 0 aliphatic heterocycles. The molecule has 0 radical (unpaired) electrons. The number of aryl methyl sites for hydroxylation is 1. The lowest BCUT2D eigenvalue weighted by atomic mass is 10.1. The second-order valence-electron chi connectivity index (χ2n) is 6.83. The third-order valence-corrected chi connectivity index (χ3v) is 3.89. The van der Waals surface area contributed by atoms with Gasteiger partial charge in [-0.1, -0.05) is 44.2 Å². The van der Waals surface area contributed by atoms with Crippen molar-refractivity contribution in [3.8, 4) is 0 Å². The maximum atomic E-state index is 4.87. The van der Waals surface area contributed by atoms with E-state index in [4.69, 9.17) is 5.10 Å². The predicted molar refractivity (Wildman–Crippen MR) is 93.1 cm³/mol. The summed E-state index contributed by atoms with van der Waals surface area (Å²) < 4.78 is 2.19. The van der Waals surface area contributed by atoms with Crippen LogP contribution in [-0.4, -0.2) is 15.3 Å². The minimum Gasteiger partial charge on any atom is -0.308 e. The highest BCUT2D eigenvalue weighted by Gasteiger charge is 2.18. The van der Waals surface area contributed by atoms with Gasteiger partial charge < -0.3 is 5.32 Å². The van der Waals surface area contributed by atoms with Gasteiger partial charge in [-0.3, -0.25) is 4.68 Å². The van der Waals surface area contributed by atoms with Gasteiger partial charge in [0.2, 0.25) is 0 Å². The zero-order valence-electron chi connectivity index (χ0n) is 14.6. The van der Waals surface area contributed by atoms with E-state index in [1.54, 1.807) is 0 Å². The van der Waals surface area contributed by atoms with E-state index in [0.29, 0.717) is 0 Å². The number of nitrogens with zero attached hydrogens (tertiary/aromatic N) is 2. The summed E-state index contributed by atoms with van der Waals surface area (Å²) in [5.41, 5.74) is 5.40. The molecule has 0 bridgehead atoms. The molecule has 2 aromatic rings. The summed E-state index contributed by atoms with van der Waals surface area (Å²) in [6.07, 6.45) is 2.00. The van der Waals surface area contributed by atoms with Crippen molar-refractivity contribution in [2.24, 2.45) is 0 Å². The van der Waals surface area contributed by atoms with Crippen molar-refractivity contribution < 1.29 is 0 Å². The summed E-state index contributed by atoms with van der Waals surface area (Å²) in [7, 11) is 0. The van der Waals surface area contributed by atoms with E-state index in [-0.39, 0.29) is 5.54 Å². The van der Waals surface area contributed by atoms with Crippen LogP contribution >= 0.6 is 0 Å². The van der Waals surface area contributed by atoms with E-state index >= 15 is 0 Å². The van der Waals surface area contributed by atoms with E-state index in [9.17, 15) is 0 Å². The number of rotatable bonds is 6. The molecule has 0 aliphatic rings. The van der Waals surface area contributed by atoms with Crippen LogP contribution in [0.5, 0.6) is 0 Å². The molecule has 120 valence electrons. The van der Waals surface area contributed by atoms with Crippen molar-refractivity contribution >= 4 is 0 Å². The largest absolute Gasteiger partial charge is 0.308 e. The molecule has 0 fully saturated rings. The Labute approximate surface area is 134 Å². The molecule has 1 N–H and O–H groups in total. The summed E-state index contributed by atoms with van der Waals surface area (Å²) in [5, 5.41) is 8.48. The first kappa shape index (κ1) is 16.8. The first-order chi connectivity index (χ1) is 10.4. The SMILES string of the molecule is CCc1nn(Cc2ccccc2)c(CC)c1CNC(C)(C)C. The third-order valence-electron chi connectivity index (χ3n) is 3.89. The van der Waals surface area contributed by atoms with E-state index in [2.05, 4.69) is 74.9 Å². The van der Waals surface area contributed by atoms with Crippen LogP contribution in [0.15, 0.2) is 30.3 Å². The monoisotopic (exact) mass is 299 g/mol. The van der Waals surface area contributed by atoms with Gasteiger partial charge in [-0.05, 0) is 39.2 Å². The van der Waals surface area contributed by atoms with Crippen molar-refractivity contribution in [2.45, 2.75) is 66.1 Å². The van der Waals surface area contributed by atoms with Crippen molar-refractivity contribution in [2.75, 3.05) is 0 Å². The van der Waals surface area contributed by atoms with Crippen molar-refractivity contribution in [3.05, 3.63) is 52.8 Å². The van der Waals surface area contributed by atoms with Gasteiger partial charge in [0.25, 0.3) is 0 Å². The van der Waals surface area contributed by atoms with Crippen LogP contribution in [0.4, 0.5) is 0 Å². The molecule has 0 saturated heterocycles. The second-order valence-corrected chi connectivity index (χ2v) is 6.83. The van der Waals surface area contributed by atoms with Crippen LogP contribution in [-0.2, 0) is 25.9 Å². The van der Waals surface area contributed by atoms with Gasteiger partial charge in [-0.2, -0.15) is 5.10 Å². The normalized spacial score (nSPS) is 11.9. The fourth-order valence-corrected chi connectivity index (χ4v) is 2.71. The zero-order valence-corrected chi connectivity index (χ0v) is 14.6. The molecule has 0 saturated carbocycles. The number of benzene rings is 1. The Hall–Kier alpha value is -1.61. The van der Waals surface area contributed by atoms with Crippen LogP contribution in [0.3, 0.4) is 0 Å². The summed E-state index contributed by atoms with van der Waals surface area (Å²) in [6, 6.07) is 10.6. The molecule has 22 heavy (non-hydrogen) atoms. The van der Waals surface area contributed by atoms with Gasteiger partial charge in [0.05, 0.1) is 12.2 Å². The Bertz CT molecular complexity index is 591. The molecule has 2 rings (SSSR count). The molecule has 0 amide bonds. The van der Waals surface area contributed by atoms with Gasteiger partial charge in [0, 0.05) is 23.3 Å². The minimum atomic E-state index is 0.123. The Morgan fingerprint density at radius 1 is 1.05 bits per heavy atom. The van der Waals surface area contributed by atoms with E-state index in [1.165, 1.54) is 22.5 Å². The van der Waals surface area contributed by atoms with Crippen molar-refractivity contribution in [3.63, 3.8) is 0 Å². The molecule has 0 atom stereocenters. The van der Waals surface area contributed by atoms with Gasteiger partial charge >= 0.3 is 0 Å². The Morgan fingerprint density at radius 2 is 1.73 bits per heavy atom. The molecule has 1 aromatic heterocycles. The number of aromatic nitrogens is 2. The summed E-state index contributed by atoms with van der Waals surface area (Å²) >= 11 is 0. The predicted octanol–water partition coefficient (Wildman–Crippen LogP) is 3.94. The number of hydrogen-bond acceptors (Lipinski definition) is 2. The molecule has 0 aliphatic carbocycles. The topological polar surface area (TPSA) is 29.9 Å². The smallest absolute Gasteiger partial charge is 0.0669 e. The zero-order chi connectivity index (χ0) is 16.2. The molecule has 1 aromatic carbocycles. The first-order valence-corrected chi connectivity index (χ1v) is 8.31. The standard InChI is InChI=1S/C19H29N3/c1-6-17-16(13-20-19(3,4)5)18(7-2)22(21-17)14-15-11-9-8-10-12-15/h8-12,20H,6-7,13-14H2,1-5H3. The highest BCUT2D eigenvalue weighted by atomic mass is 15.3. The van der Waals surface area contributed by atoms with E-state index in [1.807, 2.05) is 0 Å². The van der Waals surface area contributed by atoms with Crippen molar-refractivity contribution in [1.82, 2.24) is 15.1 Å². The summed E-state index contributed by atoms with van der Waals surface area (Å²) in [6.45, 7) is 12.8. The van der Waals surface area contributed by atoms with Gasteiger partial charge in [0.1, 0.15) is 0 Å². The Morgan fingerprint density at radius 3 is 2.27 bits per heavy atom. The lowest BCUT2D eigenvalue weighted by Gasteiger charge is -2.21. The molecule has 0 spiro atoms. The molecule has 1 heterocycles. The van der Waals surface area contributed by atoms with Crippen LogP contribution < -0.4 is 5.32 Å². The molecule has 3 nitrogen and oxygen atoms in total. The van der Waals surface area contributed by atoms with E-state index in [0.717, 1.165) is 25.9 Å². The molecular weight excluding hydrogens is 270 g/mol. The van der Waals surface area contributed by atoms with Crippen LogP contribution in [0, 0.1) is 0 Å². The van der Waals surface area contributed by atoms with Crippen LogP contribution in [0.2, 0.25) is 0 Å². The first-order valence-electron chi connectivity index (χ1n) is 8.31. The molecular formula is C19H29N3. The Balaban J connectivity index is 2.29. The van der Waals surface area contributed by atoms with Gasteiger partial charge in [-0.25, -0.2) is 0 Å². The van der Waals surface area contributed by atoms with Gasteiger partial charge in [-0.15, -0.1) is 0 Å². The second kappa shape index (κ2) is 7.10. The quantitative estimate of drug-likeness (QED) is 0.875. The van der Waals surface area contributed by atoms with Crippen LogP contribution in [0.1, 0.15) is 57.1 Å². The Kier molecular flexibility index (Phi) is 5.41. The molecule has 0 unspecified atom stereocenters. The fourth-order valence-electron chi connectivity index (χ4n) is 2.71. The average Bonchev–Trinajstić information content (AvgIpc) is 2.82. The van der Waals surface area contributed by atoms with Gasteiger partial charge in [0.15, 0.2) is 0 Å². The number of nitrogens with one attached hydrogen (secondary N) is 1. The summed E-state index contributed by atoms with van der Waals surface area (Å²) in [4.78, 5) is 0. The average molecular weight is 299 g/mol. The fraction of sp³-hybridized carbons (Fsp3) is 0.526. The third kappa shape index (κ3) is 4.20. The maximum absolute atomic E-state index is 4.87. The highest BCUT2D eigenvalue weighted by Crippen LogP contribution is 2.19. The molecule has 3 heteroatoms.